The summed E-state index contributed by atoms with van der Waals surface area (Å²) in [4.78, 5) is 41.6. The fourth-order valence-corrected chi connectivity index (χ4v) is 4.70. The number of aliphatic hydroxyl groups is 1. The van der Waals surface area contributed by atoms with Crippen molar-refractivity contribution in [2.75, 3.05) is 13.2 Å². The topological polar surface area (TPSA) is 128 Å². The number of ether oxygens (including phenoxy) is 1. The molecule has 0 aliphatic heterocycles. The van der Waals surface area contributed by atoms with Crippen molar-refractivity contribution in [2.45, 2.75) is 104 Å². The molecular weight excluding hydrogens is 474 g/mol. The Morgan fingerprint density at radius 3 is 2.35 bits per heavy atom. The fraction of sp³-hybridized carbons (Fsp3) is 0.679. The summed E-state index contributed by atoms with van der Waals surface area (Å²) in [7, 11) is 0. The largest absolute Gasteiger partial charge is 0.507 e. The average Bonchev–Trinajstić information content (AvgIpc) is 2.79. The molecule has 0 heterocycles. The predicted octanol–water partition coefficient (Wildman–Crippen LogP) is 3.95. The zero-order valence-corrected chi connectivity index (χ0v) is 23.2. The summed E-state index contributed by atoms with van der Waals surface area (Å²) in [6.45, 7) is 10.2. The third-order valence-electron chi connectivity index (χ3n) is 6.40. The molecule has 1 aromatic carbocycles. The minimum absolute atomic E-state index is 0.0203. The van der Waals surface area contributed by atoms with Gasteiger partial charge in [-0.1, -0.05) is 51.3 Å². The summed E-state index contributed by atoms with van der Waals surface area (Å²) >= 11 is 0. The molecule has 2 atom stereocenters. The Morgan fingerprint density at radius 1 is 1.14 bits per heavy atom. The van der Waals surface area contributed by atoms with Gasteiger partial charge in [-0.25, -0.2) is 4.79 Å². The van der Waals surface area contributed by atoms with E-state index in [1.54, 1.807) is 45.9 Å². The second-order valence-corrected chi connectivity index (χ2v) is 11.3. The van der Waals surface area contributed by atoms with Crippen LogP contribution in [0.4, 0.5) is 4.79 Å². The number of aromatic hydroxyl groups is 1. The standard InChI is InChI=1S/C28H45N3O6/c1-18(2)17-22(30-27(36)37-28(4,5)6)26(35)31(15-16-32)23(21-14-10-11-19(3)24(21)33)25(34)29-20-12-8-7-9-13-20/h10-11,14,18,20,22-23,32-33H,7-9,12-13,15-17H2,1-6H3,(H,29,34)(H,30,36). The Morgan fingerprint density at radius 2 is 1.78 bits per heavy atom. The first kappa shape index (κ1) is 30.4. The third kappa shape index (κ3) is 9.22. The molecule has 208 valence electrons. The van der Waals surface area contributed by atoms with Crippen molar-refractivity contribution >= 4 is 17.9 Å². The predicted molar refractivity (Wildman–Crippen MR) is 142 cm³/mol. The van der Waals surface area contributed by atoms with Gasteiger partial charge in [-0.2, -0.15) is 0 Å². The van der Waals surface area contributed by atoms with Crippen LogP contribution in [0, 0.1) is 12.8 Å². The number of amides is 3. The number of nitrogens with zero attached hydrogens (tertiary/aromatic N) is 1. The second kappa shape index (κ2) is 13.7. The number of carbonyl (C=O) groups is 3. The minimum Gasteiger partial charge on any atom is -0.507 e. The first-order valence-corrected chi connectivity index (χ1v) is 13.3. The van der Waals surface area contributed by atoms with E-state index in [-0.39, 0.29) is 29.8 Å². The molecule has 0 aromatic heterocycles. The van der Waals surface area contributed by atoms with Gasteiger partial charge in [-0.3, -0.25) is 9.59 Å². The highest BCUT2D eigenvalue weighted by Gasteiger charge is 2.38. The van der Waals surface area contributed by atoms with Gasteiger partial charge in [0.1, 0.15) is 23.4 Å². The van der Waals surface area contributed by atoms with E-state index < -0.39 is 42.2 Å². The number of phenols is 1. The van der Waals surface area contributed by atoms with Crippen LogP contribution >= 0.6 is 0 Å². The van der Waals surface area contributed by atoms with Crippen LogP contribution in [-0.2, 0) is 14.3 Å². The molecule has 0 spiro atoms. The number of aliphatic hydroxyl groups excluding tert-OH is 1. The molecule has 1 saturated carbocycles. The van der Waals surface area contributed by atoms with Crippen LogP contribution in [0.5, 0.6) is 5.75 Å². The monoisotopic (exact) mass is 519 g/mol. The van der Waals surface area contributed by atoms with Crippen molar-refractivity contribution in [2.24, 2.45) is 5.92 Å². The van der Waals surface area contributed by atoms with Crippen LogP contribution < -0.4 is 10.6 Å². The number of rotatable bonds is 10. The third-order valence-corrected chi connectivity index (χ3v) is 6.40. The summed E-state index contributed by atoms with van der Waals surface area (Å²) in [6, 6.07) is 2.86. The lowest BCUT2D eigenvalue weighted by molar-refractivity contribution is -0.143. The van der Waals surface area contributed by atoms with E-state index in [2.05, 4.69) is 10.6 Å². The highest BCUT2D eigenvalue weighted by molar-refractivity contribution is 5.92. The number of hydrogen-bond acceptors (Lipinski definition) is 6. The van der Waals surface area contributed by atoms with Gasteiger partial charge in [0.2, 0.25) is 11.8 Å². The maximum Gasteiger partial charge on any atom is 0.408 e. The van der Waals surface area contributed by atoms with E-state index in [9.17, 15) is 24.6 Å². The van der Waals surface area contributed by atoms with Crippen LogP contribution in [0.25, 0.3) is 0 Å². The Kier molecular flexibility index (Phi) is 11.2. The van der Waals surface area contributed by atoms with Crippen molar-refractivity contribution in [1.29, 1.82) is 0 Å². The molecule has 9 nitrogen and oxygen atoms in total. The molecule has 0 radical (unpaired) electrons. The summed E-state index contributed by atoms with van der Waals surface area (Å²) in [5.74, 6) is -0.988. The first-order chi connectivity index (χ1) is 17.3. The number of aryl methyl sites for hydroxylation is 1. The van der Waals surface area contributed by atoms with Gasteiger partial charge in [-0.15, -0.1) is 0 Å². The van der Waals surface area contributed by atoms with Crippen molar-refractivity contribution < 1.29 is 29.3 Å². The molecule has 2 unspecified atom stereocenters. The molecule has 4 N–H and O–H groups in total. The smallest absolute Gasteiger partial charge is 0.408 e. The van der Waals surface area contributed by atoms with Gasteiger partial charge in [0.05, 0.1) is 6.61 Å². The van der Waals surface area contributed by atoms with Gasteiger partial charge in [0, 0.05) is 18.2 Å². The van der Waals surface area contributed by atoms with Crippen molar-refractivity contribution in [3.8, 4) is 5.75 Å². The number of phenolic OH excluding ortho intramolecular Hbond substituents is 1. The number of hydrogen-bond donors (Lipinski definition) is 4. The van der Waals surface area contributed by atoms with Crippen molar-refractivity contribution in [1.82, 2.24) is 15.5 Å². The van der Waals surface area contributed by atoms with Crippen LogP contribution in [0.15, 0.2) is 18.2 Å². The SMILES string of the molecule is Cc1cccc(C(C(=O)NC2CCCCC2)N(CCO)C(=O)C(CC(C)C)NC(=O)OC(C)(C)C)c1O. The van der Waals surface area contributed by atoms with E-state index in [1.165, 1.54) is 4.90 Å². The highest BCUT2D eigenvalue weighted by atomic mass is 16.6. The van der Waals surface area contributed by atoms with Crippen LogP contribution in [0.2, 0.25) is 0 Å². The molecule has 0 saturated heterocycles. The molecule has 3 amide bonds. The number of benzene rings is 1. The van der Waals surface area contributed by atoms with E-state index in [1.807, 2.05) is 13.8 Å². The maximum atomic E-state index is 14.0. The van der Waals surface area contributed by atoms with E-state index in [0.29, 0.717) is 12.0 Å². The Labute approximate surface area is 221 Å². The molecule has 1 aromatic rings. The highest BCUT2D eigenvalue weighted by Crippen LogP contribution is 2.33. The lowest BCUT2D eigenvalue weighted by atomic mass is 9.94. The number of para-hydroxylation sites is 1. The second-order valence-electron chi connectivity index (χ2n) is 11.3. The average molecular weight is 520 g/mol. The van der Waals surface area contributed by atoms with Gasteiger partial charge >= 0.3 is 6.09 Å². The Hall–Kier alpha value is -2.81. The first-order valence-electron chi connectivity index (χ1n) is 13.3. The lowest BCUT2D eigenvalue weighted by Crippen LogP contribution is -2.54. The molecule has 1 aliphatic rings. The van der Waals surface area contributed by atoms with Gasteiger partial charge in [0.15, 0.2) is 0 Å². The quantitative estimate of drug-likeness (QED) is 0.371. The van der Waals surface area contributed by atoms with E-state index >= 15 is 0 Å². The molecule has 1 fully saturated rings. The molecule has 9 heteroatoms. The lowest BCUT2D eigenvalue weighted by Gasteiger charge is -2.36. The van der Waals surface area contributed by atoms with E-state index in [4.69, 9.17) is 4.74 Å². The summed E-state index contributed by atoms with van der Waals surface area (Å²) in [6.07, 6.45) is 4.41. The number of carbonyl (C=O) groups excluding carboxylic acids is 3. The molecule has 0 bridgehead atoms. The Bertz CT molecular complexity index is 921. The van der Waals surface area contributed by atoms with Crippen LogP contribution in [-0.4, -0.2) is 63.9 Å². The van der Waals surface area contributed by atoms with E-state index in [0.717, 1.165) is 32.1 Å². The number of alkyl carbamates (subject to hydrolysis) is 1. The number of nitrogens with one attached hydrogen (secondary N) is 2. The molecule has 2 rings (SSSR count). The maximum absolute atomic E-state index is 14.0. The Balaban J connectivity index is 2.47. The zero-order chi connectivity index (χ0) is 27.8. The summed E-state index contributed by atoms with van der Waals surface area (Å²) < 4.78 is 5.38. The molecular formula is C28H45N3O6. The molecule has 1 aliphatic carbocycles. The summed E-state index contributed by atoms with van der Waals surface area (Å²) in [5.41, 5.74) is 0.0847. The van der Waals surface area contributed by atoms with Crippen molar-refractivity contribution in [3.63, 3.8) is 0 Å². The van der Waals surface area contributed by atoms with Gasteiger partial charge in [0.25, 0.3) is 0 Å². The molecule has 37 heavy (non-hydrogen) atoms. The zero-order valence-electron chi connectivity index (χ0n) is 23.2. The van der Waals surface area contributed by atoms with Crippen molar-refractivity contribution in [3.05, 3.63) is 29.3 Å². The summed E-state index contributed by atoms with van der Waals surface area (Å²) in [5, 5.41) is 26.6. The minimum atomic E-state index is -1.18. The van der Waals surface area contributed by atoms with Gasteiger partial charge in [-0.05, 0) is 58.4 Å². The fourth-order valence-electron chi connectivity index (χ4n) is 4.70. The normalized spacial score (nSPS) is 16.1. The van der Waals surface area contributed by atoms with Crippen LogP contribution in [0.1, 0.15) is 90.3 Å². The van der Waals surface area contributed by atoms with Gasteiger partial charge < -0.3 is 30.5 Å². The van der Waals surface area contributed by atoms with Crippen LogP contribution in [0.3, 0.4) is 0 Å².